The van der Waals surface area contributed by atoms with Crippen molar-refractivity contribution in [2.75, 3.05) is 13.2 Å². The molecule has 0 saturated carbocycles. The van der Waals surface area contributed by atoms with Crippen LogP contribution in [0.1, 0.15) is 27.2 Å². The van der Waals surface area contributed by atoms with Crippen LogP contribution in [-0.4, -0.2) is 43.7 Å². The number of benzene rings is 1. The molecular formula is C17H24N4O6S. The Balaban J connectivity index is 2.21. The number of amides is 1. The molecular weight excluding hydrogens is 388 g/mol. The number of sulfonamides is 1. The minimum Gasteiger partial charge on any atom is -0.450 e. The van der Waals surface area contributed by atoms with Gasteiger partial charge in [-0.15, -0.1) is 0 Å². The van der Waals surface area contributed by atoms with Crippen LogP contribution in [0.3, 0.4) is 0 Å². The number of nitrogens with one attached hydrogen (secondary N) is 4. The zero-order chi connectivity index (χ0) is 20.9. The SMILES string of the molecule is CCOC(=O)NC(CNS(=O)(=O)c1ccc2[nH]c(=O)[nH]c(=O)c2c1)CC(C)C. The molecule has 28 heavy (non-hydrogen) atoms. The van der Waals surface area contributed by atoms with Crippen molar-refractivity contribution in [2.24, 2.45) is 5.92 Å². The van der Waals surface area contributed by atoms with Crippen LogP contribution in [0.5, 0.6) is 0 Å². The van der Waals surface area contributed by atoms with Gasteiger partial charge in [-0.1, -0.05) is 13.8 Å². The summed E-state index contributed by atoms with van der Waals surface area (Å²) in [6.07, 6.45) is -0.0755. The van der Waals surface area contributed by atoms with Crippen molar-refractivity contribution in [3.63, 3.8) is 0 Å². The quantitative estimate of drug-likeness (QED) is 0.500. The number of hydrogen-bond donors (Lipinski definition) is 4. The summed E-state index contributed by atoms with van der Waals surface area (Å²) in [6.45, 7) is 5.74. The largest absolute Gasteiger partial charge is 0.450 e. The number of rotatable bonds is 8. The highest BCUT2D eigenvalue weighted by Crippen LogP contribution is 2.14. The van der Waals surface area contributed by atoms with E-state index in [0.717, 1.165) is 0 Å². The lowest BCUT2D eigenvalue weighted by molar-refractivity contribution is 0.146. The normalized spacial score (nSPS) is 12.9. The van der Waals surface area contributed by atoms with Gasteiger partial charge in [0.15, 0.2) is 0 Å². The first kappa shape index (κ1) is 21.6. The van der Waals surface area contributed by atoms with Gasteiger partial charge in [0.2, 0.25) is 10.0 Å². The summed E-state index contributed by atoms with van der Waals surface area (Å²) < 4.78 is 32.5. The van der Waals surface area contributed by atoms with Crippen LogP contribution in [0, 0.1) is 5.92 Å². The molecule has 0 aliphatic carbocycles. The molecule has 0 saturated heterocycles. The first-order valence-corrected chi connectivity index (χ1v) is 10.3. The van der Waals surface area contributed by atoms with E-state index in [1.54, 1.807) is 6.92 Å². The molecule has 0 radical (unpaired) electrons. The van der Waals surface area contributed by atoms with Gasteiger partial charge in [-0.3, -0.25) is 9.78 Å². The Morgan fingerprint density at radius 2 is 1.93 bits per heavy atom. The van der Waals surface area contributed by atoms with Crippen LogP contribution in [0.4, 0.5) is 4.79 Å². The van der Waals surface area contributed by atoms with Gasteiger partial charge in [0, 0.05) is 12.6 Å². The first-order valence-electron chi connectivity index (χ1n) is 8.81. The highest BCUT2D eigenvalue weighted by molar-refractivity contribution is 7.89. The van der Waals surface area contributed by atoms with E-state index in [2.05, 4.69) is 20.0 Å². The number of fused-ring (bicyclic) bond motifs is 1. The maximum atomic E-state index is 12.6. The number of aromatic nitrogens is 2. The zero-order valence-corrected chi connectivity index (χ0v) is 16.7. The van der Waals surface area contributed by atoms with Crippen LogP contribution in [0.2, 0.25) is 0 Å². The average molecular weight is 412 g/mol. The molecule has 0 fully saturated rings. The Morgan fingerprint density at radius 3 is 2.57 bits per heavy atom. The number of ether oxygens (including phenoxy) is 1. The molecule has 4 N–H and O–H groups in total. The molecule has 0 aliphatic rings. The second-order valence-electron chi connectivity index (χ2n) is 6.66. The van der Waals surface area contributed by atoms with Crippen LogP contribution in [0.25, 0.3) is 10.9 Å². The summed E-state index contributed by atoms with van der Waals surface area (Å²) in [4.78, 5) is 39.2. The lowest BCUT2D eigenvalue weighted by atomic mass is 10.0. The molecule has 1 atom stereocenters. The summed E-state index contributed by atoms with van der Waals surface area (Å²) in [6, 6.07) is 3.36. The number of carbonyl (C=O) groups is 1. The third-order valence-electron chi connectivity index (χ3n) is 3.89. The summed E-state index contributed by atoms with van der Waals surface area (Å²) in [7, 11) is -3.94. The molecule has 0 aliphatic heterocycles. The number of alkyl carbamates (subject to hydrolysis) is 1. The first-order chi connectivity index (χ1) is 13.1. The molecule has 10 nitrogen and oxygen atoms in total. The Hall–Kier alpha value is -2.66. The maximum absolute atomic E-state index is 12.6. The van der Waals surface area contributed by atoms with Crippen molar-refractivity contribution in [3.05, 3.63) is 39.0 Å². The van der Waals surface area contributed by atoms with E-state index >= 15 is 0 Å². The van der Waals surface area contributed by atoms with Crippen LogP contribution >= 0.6 is 0 Å². The number of H-pyrrole nitrogens is 2. The molecule has 2 aromatic rings. The Bertz CT molecular complexity index is 1060. The molecule has 1 amide bonds. The van der Waals surface area contributed by atoms with Gasteiger partial charge >= 0.3 is 11.8 Å². The second kappa shape index (κ2) is 9.02. The summed E-state index contributed by atoms with van der Waals surface area (Å²) in [5.74, 6) is 0.215. The Labute approximate surface area is 161 Å². The van der Waals surface area contributed by atoms with Crippen molar-refractivity contribution in [2.45, 2.75) is 38.1 Å². The smallest absolute Gasteiger partial charge is 0.407 e. The van der Waals surface area contributed by atoms with Crippen LogP contribution < -0.4 is 21.3 Å². The van der Waals surface area contributed by atoms with Gasteiger partial charge in [-0.25, -0.2) is 22.7 Å². The fourth-order valence-corrected chi connectivity index (χ4v) is 3.81. The highest BCUT2D eigenvalue weighted by Gasteiger charge is 2.20. The van der Waals surface area contributed by atoms with Crippen LogP contribution in [0.15, 0.2) is 32.7 Å². The van der Waals surface area contributed by atoms with Crippen molar-refractivity contribution >= 4 is 27.0 Å². The monoisotopic (exact) mass is 412 g/mol. The van der Waals surface area contributed by atoms with Crippen molar-refractivity contribution in [3.8, 4) is 0 Å². The minimum absolute atomic E-state index is 0.0423. The van der Waals surface area contributed by atoms with Gasteiger partial charge in [0.25, 0.3) is 5.56 Å². The standard InChI is InChI=1S/C17H24N4O6S/c1-4-27-17(24)19-11(7-10(2)3)9-18-28(25,26)12-5-6-14-13(8-12)15(22)21-16(23)20-14/h5-6,8,10-11,18H,4,7,9H2,1-3H3,(H,19,24)(H2,20,21,22,23). The van der Waals surface area contributed by atoms with E-state index in [0.29, 0.717) is 6.42 Å². The molecule has 1 heterocycles. The Morgan fingerprint density at radius 1 is 1.21 bits per heavy atom. The molecule has 0 bridgehead atoms. The molecule has 1 unspecified atom stereocenters. The topological polar surface area (TPSA) is 150 Å². The summed E-state index contributed by atoms with van der Waals surface area (Å²) in [5, 5.41) is 2.68. The Kier molecular flexibility index (Phi) is 6.97. The fraction of sp³-hybridized carbons (Fsp3) is 0.471. The van der Waals surface area contributed by atoms with E-state index in [1.165, 1.54) is 18.2 Å². The second-order valence-corrected chi connectivity index (χ2v) is 8.43. The molecule has 1 aromatic carbocycles. The zero-order valence-electron chi connectivity index (χ0n) is 15.9. The van der Waals surface area contributed by atoms with Gasteiger partial charge in [0.1, 0.15) is 0 Å². The van der Waals surface area contributed by atoms with E-state index in [-0.39, 0.29) is 34.9 Å². The lowest BCUT2D eigenvalue weighted by Crippen LogP contribution is -2.44. The third-order valence-corrected chi connectivity index (χ3v) is 5.32. The van der Waals surface area contributed by atoms with Gasteiger partial charge in [-0.05, 0) is 37.5 Å². The predicted octanol–water partition coefficient (Wildman–Crippen LogP) is 0.656. The number of hydrogen-bond acceptors (Lipinski definition) is 6. The average Bonchev–Trinajstić information content (AvgIpc) is 2.59. The molecule has 2 rings (SSSR count). The third kappa shape index (κ3) is 5.67. The van der Waals surface area contributed by atoms with Gasteiger partial charge in [-0.2, -0.15) is 0 Å². The van der Waals surface area contributed by atoms with Gasteiger partial charge < -0.3 is 15.0 Å². The molecule has 154 valence electrons. The van der Waals surface area contributed by atoms with E-state index < -0.39 is 33.4 Å². The number of carbonyl (C=O) groups excluding carboxylic acids is 1. The molecule has 11 heteroatoms. The summed E-state index contributed by atoms with van der Waals surface area (Å²) >= 11 is 0. The van der Waals surface area contributed by atoms with Crippen molar-refractivity contribution < 1.29 is 17.9 Å². The van der Waals surface area contributed by atoms with E-state index in [4.69, 9.17) is 4.74 Å². The summed E-state index contributed by atoms with van der Waals surface area (Å²) in [5.41, 5.74) is -1.13. The van der Waals surface area contributed by atoms with E-state index in [9.17, 15) is 22.8 Å². The molecule has 0 spiro atoms. The lowest BCUT2D eigenvalue weighted by Gasteiger charge is -2.20. The van der Waals surface area contributed by atoms with E-state index in [1.807, 2.05) is 13.8 Å². The molecule has 1 aromatic heterocycles. The minimum atomic E-state index is -3.94. The predicted molar refractivity (Wildman–Crippen MR) is 104 cm³/mol. The van der Waals surface area contributed by atoms with Crippen molar-refractivity contribution in [1.29, 1.82) is 0 Å². The number of aromatic amines is 2. The van der Waals surface area contributed by atoms with Crippen LogP contribution in [-0.2, 0) is 14.8 Å². The van der Waals surface area contributed by atoms with Gasteiger partial charge in [0.05, 0.1) is 22.4 Å². The highest BCUT2D eigenvalue weighted by atomic mass is 32.2. The maximum Gasteiger partial charge on any atom is 0.407 e. The fourth-order valence-electron chi connectivity index (χ4n) is 2.71. The van der Waals surface area contributed by atoms with Crippen molar-refractivity contribution in [1.82, 2.24) is 20.0 Å².